The predicted molar refractivity (Wildman–Crippen MR) is 64.2 cm³/mol. The van der Waals surface area contributed by atoms with Gasteiger partial charge in [0.2, 0.25) is 0 Å². The van der Waals surface area contributed by atoms with E-state index in [4.69, 9.17) is 4.74 Å². The molecule has 3 heteroatoms. The Bertz CT molecular complexity index is 173. The summed E-state index contributed by atoms with van der Waals surface area (Å²) in [5.74, 6) is 0. The van der Waals surface area contributed by atoms with Gasteiger partial charge in [0.15, 0.2) is 0 Å². The molecule has 0 aromatic carbocycles. The van der Waals surface area contributed by atoms with Gasteiger partial charge in [0.1, 0.15) is 0 Å². The molecular weight excluding hydrogens is 188 g/mol. The minimum absolute atomic E-state index is 0.626. The van der Waals surface area contributed by atoms with Crippen molar-refractivity contribution < 1.29 is 4.74 Å². The first-order valence-electron chi connectivity index (χ1n) is 6.11. The van der Waals surface area contributed by atoms with Crippen LogP contribution in [-0.4, -0.2) is 50.3 Å². The van der Waals surface area contributed by atoms with E-state index in [9.17, 15) is 0 Å². The Hall–Kier alpha value is -0.120. The molecule has 1 saturated carbocycles. The lowest BCUT2D eigenvalue weighted by atomic mass is 10.1. The van der Waals surface area contributed by atoms with Crippen molar-refractivity contribution in [1.29, 1.82) is 0 Å². The van der Waals surface area contributed by atoms with Crippen molar-refractivity contribution >= 4 is 0 Å². The van der Waals surface area contributed by atoms with Crippen molar-refractivity contribution in [3.05, 3.63) is 0 Å². The first-order valence-corrected chi connectivity index (χ1v) is 6.11. The molecule has 90 valence electrons. The van der Waals surface area contributed by atoms with Crippen LogP contribution in [0, 0.1) is 0 Å². The lowest BCUT2D eigenvalue weighted by Crippen LogP contribution is -2.42. The van der Waals surface area contributed by atoms with Crippen LogP contribution < -0.4 is 5.32 Å². The maximum atomic E-state index is 5.18. The molecule has 15 heavy (non-hydrogen) atoms. The molecule has 0 aliphatic heterocycles. The normalized spacial score (nSPS) is 26.8. The quantitative estimate of drug-likeness (QED) is 0.725. The molecule has 1 rings (SSSR count). The highest BCUT2D eigenvalue weighted by Gasteiger charge is 2.29. The second-order valence-electron chi connectivity index (χ2n) is 4.78. The fraction of sp³-hybridized carbons (Fsp3) is 1.00. The summed E-state index contributed by atoms with van der Waals surface area (Å²) in [6.45, 7) is 6.47. The van der Waals surface area contributed by atoms with Gasteiger partial charge in [-0.25, -0.2) is 0 Å². The fourth-order valence-electron chi connectivity index (χ4n) is 2.58. The highest BCUT2D eigenvalue weighted by Crippen LogP contribution is 2.25. The molecule has 0 spiro atoms. The first-order chi connectivity index (χ1) is 7.19. The number of nitrogens with one attached hydrogen (secondary N) is 1. The zero-order valence-electron chi connectivity index (χ0n) is 10.6. The van der Waals surface area contributed by atoms with E-state index < -0.39 is 0 Å². The maximum absolute atomic E-state index is 5.18. The van der Waals surface area contributed by atoms with Gasteiger partial charge in [-0.3, -0.25) is 4.90 Å². The Morgan fingerprint density at radius 1 is 1.40 bits per heavy atom. The largest absolute Gasteiger partial charge is 0.383 e. The Morgan fingerprint density at radius 2 is 2.13 bits per heavy atom. The zero-order chi connectivity index (χ0) is 11.3. The van der Waals surface area contributed by atoms with E-state index in [0.717, 1.165) is 25.2 Å². The predicted octanol–water partition coefficient (Wildman–Crippen LogP) is 1.48. The van der Waals surface area contributed by atoms with Crippen molar-refractivity contribution in [3.63, 3.8) is 0 Å². The van der Waals surface area contributed by atoms with Crippen LogP contribution in [-0.2, 0) is 4.74 Å². The smallest absolute Gasteiger partial charge is 0.0589 e. The van der Waals surface area contributed by atoms with Crippen LogP contribution in [0.1, 0.15) is 33.1 Å². The molecular formula is C12H26N2O. The molecule has 0 radical (unpaired) electrons. The third-order valence-electron chi connectivity index (χ3n) is 3.50. The second-order valence-corrected chi connectivity index (χ2v) is 4.78. The van der Waals surface area contributed by atoms with Gasteiger partial charge in [-0.05, 0) is 40.2 Å². The van der Waals surface area contributed by atoms with Crippen molar-refractivity contribution in [2.24, 2.45) is 0 Å². The van der Waals surface area contributed by atoms with Crippen molar-refractivity contribution in [2.45, 2.75) is 51.2 Å². The highest BCUT2D eigenvalue weighted by molar-refractivity contribution is 4.87. The summed E-state index contributed by atoms with van der Waals surface area (Å²) >= 11 is 0. The van der Waals surface area contributed by atoms with Crippen molar-refractivity contribution in [3.8, 4) is 0 Å². The Labute approximate surface area is 94.2 Å². The number of hydrogen-bond acceptors (Lipinski definition) is 3. The summed E-state index contributed by atoms with van der Waals surface area (Å²) in [5, 5.41) is 3.39. The Morgan fingerprint density at radius 3 is 2.60 bits per heavy atom. The fourth-order valence-corrected chi connectivity index (χ4v) is 2.58. The van der Waals surface area contributed by atoms with Gasteiger partial charge in [0.25, 0.3) is 0 Å². The van der Waals surface area contributed by atoms with E-state index in [2.05, 4.69) is 31.1 Å². The van der Waals surface area contributed by atoms with E-state index in [0.29, 0.717) is 6.04 Å². The average molecular weight is 214 g/mol. The summed E-state index contributed by atoms with van der Waals surface area (Å²) in [6, 6.07) is 2.09. The van der Waals surface area contributed by atoms with Crippen LogP contribution in [0.2, 0.25) is 0 Å². The monoisotopic (exact) mass is 214 g/mol. The third kappa shape index (κ3) is 3.74. The topological polar surface area (TPSA) is 24.5 Å². The SMILES string of the molecule is CNC1CCC(N(CCOC)C(C)C)C1. The molecule has 0 bridgehead atoms. The van der Waals surface area contributed by atoms with E-state index in [1.54, 1.807) is 7.11 Å². The zero-order valence-corrected chi connectivity index (χ0v) is 10.6. The van der Waals surface area contributed by atoms with Crippen LogP contribution in [0.4, 0.5) is 0 Å². The van der Waals surface area contributed by atoms with Gasteiger partial charge >= 0.3 is 0 Å². The van der Waals surface area contributed by atoms with Gasteiger partial charge in [-0.1, -0.05) is 0 Å². The number of ether oxygens (including phenoxy) is 1. The second kappa shape index (κ2) is 6.46. The van der Waals surface area contributed by atoms with Gasteiger partial charge in [-0.2, -0.15) is 0 Å². The van der Waals surface area contributed by atoms with Crippen LogP contribution >= 0.6 is 0 Å². The minimum Gasteiger partial charge on any atom is -0.383 e. The molecule has 1 fully saturated rings. The number of methoxy groups -OCH3 is 1. The molecule has 0 aromatic heterocycles. The molecule has 2 atom stereocenters. The molecule has 0 aromatic rings. The molecule has 1 N–H and O–H groups in total. The summed E-state index contributed by atoms with van der Waals surface area (Å²) in [4.78, 5) is 2.58. The lowest BCUT2D eigenvalue weighted by Gasteiger charge is -2.32. The molecule has 0 heterocycles. The van der Waals surface area contributed by atoms with E-state index in [-0.39, 0.29) is 0 Å². The molecule has 2 unspecified atom stereocenters. The molecule has 1 aliphatic carbocycles. The van der Waals surface area contributed by atoms with E-state index >= 15 is 0 Å². The molecule has 0 saturated heterocycles. The van der Waals surface area contributed by atoms with Crippen molar-refractivity contribution in [2.75, 3.05) is 27.3 Å². The average Bonchev–Trinajstić information content (AvgIpc) is 2.66. The minimum atomic E-state index is 0.626. The number of nitrogens with zero attached hydrogens (tertiary/aromatic N) is 1. The standard InChI is InChI=1S/C12H26N2O/c1-10(2)14(7-8-15-4)12-6-5-11(9-12)13-3/h10-13H,5-9H2,1-4H3. The van der Waals surface area contributed by atoms with E-state index in [1.165, 1.54) is 19.3 Å². The number of hydrogen-bond donors (Lipinski definition) is 1. The van der Waals surface area contributed by atoms with E-state index in [1.807, 2.05) is 0 Å². The van der Waals surface area contributed by atoms with Crippen molar-refractivity contribution in [1.82, 2.24) is 10.2 Å². The van der Waals surface area contributed by atoms with Gasteiger partial charge in [-0.15, -0.1) is 0 Å². The Balaban J connectivity index is 2.42. The molecule has 0 amide bonds. The van der Waals surface area contributed by atoms with Crippen LogP contribution in [0.3, 0.4) is 0 Å². The third-order valence-corrected chi connectivity index (χ3v) is 3.50. The summed E-state index contributed by atoms with van der Waals surface area (Å²) < 4.78 is 5.18. The number of rotatable bonds is 6. The highest BCUT2D eigenvalue weighted by atomic mass is 16.5. The van der Waals surface area contributed by atoms with Crippen LogP contribution in [0.25, 0.3) is 0 Å². The summed E-state index contributed by atoms with van der Waals surface area (Å²) in [7, 11) is 3.85. The maximum Gasteiger partial charge on any atom is 0.0589 e. The van der Waals surface area contributed by atoms with Gasteiger partial charge in [0.05, 0.1) is 6.61 Å². The van der Waals surface area contributed by atoms with Crippen LogP contribution in [0.15, 0.2) is 0 Å². The Kier molecular flexibility index (Phi) is 5.58. The molecule has 3 nitrogen and oxygen atoms in total. The summed E-state index contributed by atoms with van der Waals surface area (Å²) in [6.07, 6.45) is 3.93. The lowest BCUT2D eigenvalue weighted by molar-refractivity contribution is 0.0966. The van der Waals surface area contributed by atoms with Crippen LogP contribution in [0.5, 0.6) is 0 Å². The summed E-state index contributed by atoms with van der Waals surface area (Å²) in [5.41, 5.74) is 0. The molecule has 1 aliphatic rings. The van der Waals surface area contributed by atoms with Gasteiger partial charge < -0.3 is 10.1 Å². The first kappa shape index (κ1) is 12.9. The van der Waals surface area contributed by atoms with Gasteiger partial charge in [0, 0.05) is 31.8 Å².